The molecule has 0 heterocycles. The SMILES string of the molecule is COc1cc(/C=C(/C#N)C(=O)Nc2cccc(Br)c2)cc(Cl)c1OCc1ccc2ccccc2c1. The largest absolute Gasteiger partial charge is 0.493 e. The average Bonchev–Trinajstić information content (AvgIpc) is 2.86. The molecule has 4 aromatic carbocycles. The van der Waals surface area contributed by atoms with Gasteiger partial charge in [0.15, 0.2) is 11.5 Å². The molecule has 0 aliphatic heterocycles. The Morgan fingerprint density at radius 2 is 1.86 bits per heavy atom. The summed E-state index contributed by atoms with van der Waals surface area (Å²) in [5.74, 6) is 0.253. The Hall–Kier alpha value is -3.79. The van der Waals surface area contributed by atoms with E-state index < -0.39 is 5.91 Å². The molecule has 0 aliphatic rings. The topological polar surface area (TPSA) is 71.3 Å². The van der Waals surface area contributed by atoms with Crippen molar-refractivity contribution >= 4 is 56.0 Å². The van der Waals surface area contributed by atoms with Gasteiger partial charge in [0.25, 0.3) is 5.91 Å². The van der Waals surface area contributed by atoms with Crippen LogP contribution in [0.3, 0.4) is 0 Å². The summed E-state index contributed by atoms with van der Waals surface area (Å²) >= 11 is 9.86. The van der Waals surface area contributed by atoms with Gasteiger partial charge < -0.3 is 14.8 Å². The second kappa shape index (κ2) is 11.1. The molecule has 35 heavy (non-hydrogen) atoms. The van der Waals surface area contributed by atoms with Crippen LogP contribution in [0.4, 0.5) is 5.69 Å². The van der Waals surface area contributed by atoms with Gasteiger partial charge in [-0.1, -0.05) is 70.0 Å². The third-order valence-corrected chi connectivity index (χ3v) is 5.98. The molecule has 0 saturated carbocycles. The standard InChI is InChI=1S/C28H20BrClN2O3/c1-34-26-14-19(12-22(16-31)28(33)32-24-8-4-7-23(29)15-24)13-25(30)27(26)35-17-18-9-10-20-5-2-3-6-21(20)11-18/h2-15H,17H2,1H3,(H,32,33)/b22-12-. The third-order valence-electron chi connectivity index (χ3n) is 5.21. The molecule has 0 spiro atoms. The van der Waals surface area contributed by atoms with Crippen LogP contribution in [0.5, 0.6) is 11.5 Å². The highest BCUT2D eigenvalue weighted by molar-refractivity contribution is 9.10. The van der Waals surface area contributed by atoms with Crippen molar-refractivity contribution in [2.24, 2.45) is 0 Å². The second-order valence-electron chi connectivity index (χ2n) is 7.64. The number of nitriles is 1. The molecular formula is C28H20BrClN2O3. The van der Waals surface area contributed by atoms with E-state index in [1.807, 2.05) is 42.5 Å². The van der Waals surface area contributed by atoms with Crippen LogP contribution in [0.25, 0.3) is 16.8 Å². The molecule has 1 amide bonds. The molecular weight excluding hydrogens is 528 g/mol. The normalized spacial score (nSPS) is 11.1. The van der Waals surface area contributed by atoms with E-state index in [-0.39, 0.29) is 5.57 Å². The first kappa shape index (κ1) is 24.3. The van der Waals surface area contributed by atoms with Gasteiger partial charge >= 0.3 is 0 Å². The Morgan fingerprint density at radius 1 is 1.06 bits per heavy atom. The molecule has 4 rings (SSSR count). The molecule has 0 unspecified atom stereocenters. The van der Waals surface area contributed by atoms with Crippen LogP contribution >= 0.6 is 27.5 Å². The summed E-state index contributed by atoms with van der Waals surface area (Å²) in [4.78, 5) is 12.6. The Balaban J connectivity index is 1.54. The summed E-state index contributed by atoms with van der Waals surface area (Å²) < 4.78 is 12.3. The number of fused-ring (bicyclic) bond motifs is 1. The van der Waals surface area contributed by atoms with Gasteiger partial charge in [-0.3, -0.25) is 4.79 Å². The minimum absolute atomic E-state index is 0.0760. The summed E-state index contributed by atoms with van der Waals surface area (Å²) in [5, 5.41) is 14.8. The number of benzene rings is 4. The summed E-state index contributed by atoms with van der Waals surface area (Å²) in [6.07, 6.45) is 1.45. The molecule has 0 radical (unpaired) electrons. The summed E-state index contributed by atoms with van der Waals surface area (Å²) in [6.45, 7) is 0.300. The van der Waals surface area contributed by atoms with Crippen LogP contribution in [0.1, 0.15) is 11.1 Å². The number of carbonyl (C=O) groups is 1. The van der Waals surface area contributed by atoms with E-state index in [0.717, 1.165) is 20.8 Å². The van der Waals surface area contributed by atoms with E-state index in [4.69, 9.17) is 21.1 Å². The van der Waals surface area contributed by atoms with Crippen LogP contribution in [-0.2, 0) is 11.4 Å². The Labute approximate surface area is 216 Å². The van der Waals surface area contributed by atoms with E-state index in [1.54, 1.807) is 30.3 Å². The highest BCUT2D eigenvalue weighted by Gasteiger charge is 2.15. The van der Waals surface area contributed by atoms with Crippen molar-refractivity contribution in [3.05, 3.63) is 105 Å². The molecule has 0 aliphatic carbocycles. The molecule has 0 bridgehead atoms. The first-order valence-electron chi connectivity index (χ1n) is 10.6. The molecule has 0 aromatic heterocycles. The van der Waals surface area contributed by atoms with Crippen molar-refractivity contribution < 1.29 is 14.3 Å². The van der Waals surface area contributed by atoms with Crippen molar-refractivity contribution in [2.45, 2.75) is 6.61 Å². The lowest BCUT2D eigenvalue weighted by atomic mass is 10.1. The number of ether oxygens (including phenoxy) is 2. The maximum absolute atomic E-state index is 12.6. The number of anilines is 1. The van der Waals surface area contributed by atoms with E-state index in [2.05, 4.69) is 33.4 Å². The summed E-state index contributed by atoms with van der Waals surface area (Å²) in [7, 11) is 1.51. The predicted octanol–water partition coefficient (Wildman–Crippen LogP) is 7.39. The minimum atomic E-state index is -0.530. The van der Waals surface area contributed by atoms with Gasteiger partial charge in [-0.2, -0.15) is 5.26 Å². The molecule has 4 aromatic rings. The number of rotatable bonds is 7. The van der Waals surface area contributed by atoms with Crippen LogP contribution in [0.15, 0.2) is 88.9 Å². The predicted molar refractivity (Wildman–Crippen MR) is 143 cm³/mol. The Bertz CT molecular complexity index is 1480. The maximum atomic E-state index is 12.6. The molecule has 5 nitrogen and oxygen atoms in total. The summed E-state index contributed by atoms with van der Waals surface area (Å²) in [5.41, 5.74) is 2.01. The Kier molecular flexibility index (Phi) is 7.71. The number of nitrogens with zero attached hydrogens (tertiary/aromatic N) is 1. The van der Waals surface area contributed by atoms with Gasteiger partial charge in [0.2, 0.25) is 0 Å². The second-order valence-corrected chi connectivity index (χ2v) is 8.96. The third kappa shape index (κ3) is 6.02. The lowest BCUT2D eigenvalue weighted by molar-refractivity contribution is -0.112. The number of hydrogen-bond acceptors (Lipinski definition) is 4. The number of carbonyl (C=O) groups excluding carboxylic acids is 1. The fourth-order valence-electron chi connectivity index (χ4n) is 3.53. The quantitative estimate of drug-likeness (QED) is 0.193. The number of amides is 1. The number of nitrogens with one attached hydrogen (secondary N) is 1. The lowest BCUT2D eigenvalue weighted by Gasteiger charge is -2.14. The van der Waals surface area contributed by atoms with Gasteiger partial charge in [-0.15, -0.1) is 0 Å². The zero-order valence-corrected chi connectivity index (χ0v) is 21.1. The van der Waals surface area contributed by atoms with E-state index in [1.165, 1.54) is 13.2 Å². The van der Waals surface area contributed by atoms with Gasteiger partial charge in [0.05, 0.1) is 12.1 Å². The zero-order chi connectivity index (χ0) is 24.8. The first-order valence-corrected chi connectivity index (χ1v) is 11.8. The molecule has 0 saturated heterocycles. The zero-order valence-electron chi connectivity index (χ0n) is 18.7. The van der Waals surface area contributed by atoms with Gasteiger partial charge in [0.1, 0.15) is 18.2 Å². The maximum Gasteiger partial charge on any atom is 0.266 e. The van der Waals surface area contributed by atoms with Gasteiger partial charge in [-0.25, -0.2) is 0 Å². The van der Waals surface area contributed by atoms with Crippen molar-refractivity contribution in [3.63, 3.8) is 0 Å². The van der Waals surface area contributed by atoms with E-state index >= 15 is 0 Å². The van der Waals surface area contributed by atoms with Crippen LogP contribution in [0.2, 0.25) is 5.02 Å². The van der Waals surface area contributed by atoms with Crippen LogP contribution in [-0.4, -0.2) is 13.0 Å². The molecule has 0 fully saturated rings. The molecule has 7 heteroatoms. The van der Waals surface area contributed by atoms with Crippen LogP contribution < -0.4 is 14.8 Å². The summed E-state index contributed by atoms with van der Waals surface area (Å²) in [6, 6.07) is 26.6. The number of hydrogen-bond donors (Lipinski definition) is 1. The first-order chi connectivity index (χ1) is 17.0. The number of halogens is 2. The molecule has 1 N–H and O–H groups in total. The highest BCUT2D eigenvalue weighted by atomic mass is 79.9. The van der Waals surface area contributed by atoms with Crippen LogP contribution in [0, 0.1) is 11.3 Å². The average molecular weight is 548 g/mol. The minimum Gasteiger partial charge on any atom is -0.493 e. The van der Waals surface area contributed by atoms with Crippen molar-refractivity contribution in [1.29, 1.82) is 5.26 Å². The van der Waals surface area contributed by atoms with Crippen molar-refractivity contribution in [1.82, 2.24) is 0 Å². The highest BCUT2D eigenvalue weighted by Crippen LogP contribution is 2.37. The van der Waals surface area contributed by atoms with E-state index in [9.17, 15) is 10.1 Å². The Morgan fingerprint density at radius 3 is 2.60 bits per heavy atom. The lowest BCUT2D eigenvalue weighted by Crippen LogP contribution is -2.13. The molecule has 174 valence electrons. The fraction of sp³-hybridized carbons (Fsp3) is 0.0714. The van der Waals surface area contributed by atoms with Gasteiger partial charge in [0, 0.05) is 10.2 Å². The number of methoxy groups -OCH3 is 1. The fourth-order valence-corrected chi connectivity index (χ4v) is 4.20. The smallest absolute Gasteiger partial charge is 0.266 e. The van der Waals surface area contributed by atoms with Crippen molar-refractivity contribution in [3.8, 4) is 17.6 Å². The monoisotopic (exact) mass is 546 g/mol. The van der Waals surface area contributed by atoms with Crippen molar-refractivity contribution in [2.75, 3.05) is 12.4 Å². The van der Waals surface area contributed by atoms with E-state index in [0.29, 0.717) is 34.4 Å². The van der Waals surface area contributed by atoms with Gasteiger partial charge in [-0.05, 0) is 64.4 Å². The molecule has 0 atom stereocenters.